The van der Waals surface area contributed by atoms with Crippen molar-refractivity contribution in [2.45, 2.75) is 48.3 Å². The highest BCUT2D eigenvalue weighted by atomic mass is 32.2. The van der Waals surface area contributed by atoms with Crippen LogP contribution < -0.4 is 10.6 Å². The molecule has 2 unspecified atom stereocenters. The molecule has 2 atom stereocenters. The van der Waals surface area contributed by atoms with Gasteiger partial charge in [0, 0.05) is 23.0 Å². The number of fused-ring (bicyclic) bond motifs is 1. The number of hydrogen-bond donors (Lipinski definition) is 3. The molecular formula is C25H32N4O2S. The van der Waals surface area contributed by atoms with Crippen molar-refractivity contribution in [1.82, 2.24) is 4.90 Å². The van der Waals surface area contributed by atoms with Crippen LogP contribution in [-0.4, -0.2) is 54.0 Å². The van der Waals surface area contributed by atoms with Crippen molar-refractivity contribution in [3.63, 3.8) is 0 Å². The first-order valence-corrected chi connectivity index (χ1v) is 12.3. The summed E-state index contributed by atoms with van der Waals surface area (Å²) < 4.78 is 0. The lowest BCUT2D eigenvalue weighted by Gasteiger charge is -2.34. The Kier molecular flexibility index (Phi) is 7.50. The monoisotopic (exact) mass is 452 g/mol. The van der Waals surface area contributed by atoms with Gasteiger partial charge in [-0.1, -0.05) is 36.8 Å². The maximum absolute atomic E-state index is 13.5. The van der Waals surface area contributed by atoms with Gasteiger partial charge in [0.25, 0.3) is 0 Å². The molecule has 32 heavy (non-hydrogen) atoms. The van der Waals surface area contributed by atoms with Crippen molar-refractivity contribution in [2.75, 3.05) is 31.1 Å². The Morgan fingerprint density at radius 3 is 2.75 bits per heavy atom. The standard InChI is InChI=1S/C25H32N4O2S/c26-24(27)19-9-6-8-18(16-19)23-25(31)29(21-11-2-3-12-22(21)32-23)15-5-1-4-13-28-14-7-10-20(28)17-30/h2-3,6,8-9,11-12,16,20,23,30H,1,4-5,7,10,13-15,17H2,(H3,26,27). The van der Waals surface area contributed by atoms with Gasteiger partial charge in [0.05, 0.1) is 12.3 Å². The third-order valence-corrected chi connectivity index (χ3v) is 7.74. The van der Waals surface area contributed by atoms with E-state index < -0.39 is 0 Å². The first-order chi connectivity index (χ1) is 15.6. The van der Waals surface area contributed by atoms with E-state index in [4.69, 9.17) is 11.1 Å². The molecule has 0 saturated carbocycles. The van der Waals surface area contributed by atoms with Crippen molar-refractivity contribution in [2.24, 2.45) is 5.73 Å². The van der Waals surface area contributed by atoms with Crippen molar-refractivity contribution in [3.05, 3.63) is 59.7 Å². The largest absolute Gasteiger partial charge is 0.395 e. The predicted molar refractivity (Wildman–Crippen MR) is 130 cm³/mol. The summed E-state index contributed by atoms with van der Waals surface area (Å²) in [5.41, 5.74) is 8.19. The molecule has 2 aromatic rings. The summed E-state index contributed by atoms with van der Waals surface area (Å²) in [4.78, 5) is 18.9. The van der Waals surface area contributed by atoms with E-state index in [9.17, 15) is 9.90 Å². The number of para-hydroxylation sites is 1. The molecule has 2 aliphatic rings. The number of nitrogens with one attached hydrogen (secondary N) is 1. The minimum atomic E-state index is -0.334. The van der Waals surface area contributed by atoms with Gasteiger partial charge in [0.2, 0.25) is 5.91 Å². The summed E-state index contributed by atoms with van der Waals surface area (Å²) in [6.07, 6.45) is 5.35. The molecule has 0 aliphatic carbocycles. The molecule has 2 heterocycles. The second-order valence-electron chi connectivity index (χ2n) is 8.57. The van der Waals surface area contributed by atoms with Crippen molar-refractivity contribution in [1.29, 1.82) is 5.41 Å². The first kappa shape index (κ1) is 22.8. The number of nitrogen functional groups attached to an aromatic ring is 1. The van der Waals surface area contributed by atoms with Crippen LogP contribution in [0.25, 0.3) is 0 Å². The number of carbonyl (C=O) groups is 1. The summed E-state index contributed by atoms with van der Waals surface area (Å²) >= 11 is 1.57. The highest BCUT2D eigenvalue weighted by Crippen LogP contribution is 2.46. The molecular weight excluding hydrogens is 420 g/mol. The van der Waals surface area contributed by atoms with Crippen LogP contribution in [0.3, 0.4) is 0 Å². The van der Waals surface area contributed by atoms with Crippen LogP contribution in [0.5, 0.6) is 0 Å². The Morgan fingerprint density at radius 2 is 1.94 bits per heavy atom. The van der Waals surface area contributed by atoms with Crippen LogP contribution in [0.4, 0.5) is 5.69 Å². The fourth-order valence-electron chi connectivity index (χ4n) is 4.69. The van der Waals surface area contributed by atoms with Crippen LogP contribution in [0, 0.1) is 5.41 Å². The molecule has 1 fully saturated rings. The van der Waals surface area contributed by atoms with Crippen LogP contribution >= 0.6 is 11.8 Å². The van der Waals surface area contributed by atoms with Crippen LogP contribution in [0.2, 0.25) is 0 Å². The number of nitrogens with two attached hydrogens (primary N) is 1. The van der Waals surface area contributed by atoms with Gasteiger partial charge in [-0.3, -0.25) is 15.1 Å². The fourth-order valence-corrected chi connectivity index (χ4v) is 5.91. The number of amides is 1. The van der Waals surface area contributed by atoms with E-state index in [1.54, 1.807) is 17.8 Å². The summed E-state index contributed by atoms with van der Waals surface area (Å²) in [5, 5.41) is 16.9. The molecule has 0 spiro atoms. The van der Waals surface area contributed by atoms with Crippen molar-refractivity contribution in [3.8, 4) is 0 Å². The second-order valence-corrected chi connectivity index (χ2v) is 9.72. The van der Waals surface area contributed by atoms with Crippen LogP contribution in [-0.2, 0) is 4.79 Å². The van der Waals surface area contributed by atoms with E-state index in [1.165, 1.54) is 6.42 Å². The van der Waals surface area contributed by atoms with E-state index in [1.807, 2.05) is 41.3 Å². The maximum Gasteiger partial charge on any atom is 0.245 e. The molecule has 4 N–H and O–H groups in total. The van der Waals surface area contributed by atoms with Crippen molar-refractivity contribution >= 4 is 29.2 Å². The molecule has 2 aromatic carbocycles. The molecule has 0 aromatic heterocycles. The number of anilines is 1. The lowest BCUT2D eigenvalue weighted by Crippen LogP contribution is -2.38. The summed E-state index contributed by atoms with van der Waals surface area (Å²) in [6.45, 7) is 3.05. The van der Waals surface area contributed by atoms with E-state index in [0.29, 0.717) is 18.2 Å². The Balaban J connectivity index is 1.42. The fraction of sp³-hybridized carbons (Fsp3) is 0.440. The number of benzene rings is 2. The van der Waals surface area contributed by atoms with E-state index in [0.717, 1.165) is 54.9 Å². The normalized spacial score (nSPS) is 21.0. The summed E-state index contributed by atoms with van der Waals surface area (Å²) in [7, 11) is 0. The maximum atomic E-state index is 13.5. The predicted octanol–water partition coefficient (Wildman–Crippen LogP) is 3.78. The summed E-state index contributed by atoms with van der Waals surface area (Å²) in [6, 6.07) is 15.9. The van der Waals surface area contributed by atoms with Gasteiger partial charge in [0.15, 0.2) is 0 Å². The Bertz CT molecular complexity index is 966. The third kappa shape index (κ3) is 5.00. The second kappa shape index (κ2) is 10.5. The number of likely N-dealkylation sites (tertiary alicyclic amines) is 1. The van der Waals surface area contributed by atoms with Gasteiger partial charge in [-0.15, -0.1) is 11.8 Å². The molecule has 0 bridgehead atoms. The number of aliphatic hydroxyl groups is 1. The number of unbranched alkanes of at least 4 members (excludes halogenated alkanes) is 2. The molecule has 6 nitrogen and oxygen atoms in total. The number of thioether (sulfide) groups is 1. The zero-order chi connectivity index (χ0) is 22.5. The van der Waals surface area contributed by atoms with Gasteiger partial charge in [0.1, 0.15) is 11.1 Å². The van der Waals surface area contributed by atoms with Gasteiger partial charge in [-0.25, -0.2) is 0 Å². The first-order valence-electron chi connectivity index (χ1n) is 11.4. The Hall–Kier alpha value is -2.35. The lowest BCUT2D eigenvalue weighted by atomic mass is 10.1. The van der Waals surface area contributed by atoms with E-state index in [2.05, 4.69) is 11.0 Å². The minimum Gasteiger partial charge on any atom is -0.395 e. The number of carbonyl (C=O) groups excluding carboxylic acids is 1. The molecule has 7 heteroatoms. The SMILES string of the molecule is N=C(N)c1cccc(C2Sc3ccccc3N(CCCCCN3CCCC3CO)C2=O)c1. The average molecular weight is 453 g/mol. The minimum absolute atomic E-state index is 0.0128. The smallest absolute Gasteiger partial charge is 0.245 e. The number of hydrogen-bond acceptors (Lipinski definition) is 5. The molecule has 170 valence electrons. The van der Waals surface area contributed by atoms with Gasteiger partial charge in [-0.05, 0) is 62.5 Å². The van der Waals surface area contributed by atoms with E-state index in [-0.39, 0.29) is 23.6 Å². The number of aliphatic hydroxyl groups excluding tert-OH is 1. The van der Waals surface area contributed by atoms with Gasteiger partial charge >= 0.3 is 0 Å². The number of nitrogens with zero attached hydrogens (tertiary/aromatic N) is 2. The van der Waals surface area contributed by atoms with Gasteiger partial charge < -0.3 is 15.7 Å². The van der Waals surface area contributed by atoms with Gasteiger partial charge in [-0.2, -0.15) is 0 Å². The van der Waals surface area contributed by atoms with Crippen LogP contribution in [0.1, 0.15) is 48.5 Å². The average Bonchev–Trinajstić information content (AvgIpc) is 3.27. The molecule has 1 amide bonds. The zero-order valence-corrected chi connectivity index (χ0v) is 19.2. The van der Waals surface area contributed by atoms with E-state index >= 15 is 0 Å². The Morgan fingerprint density at radius 1 is 1.12 bits per heavy atom. The van der Waals surface area contributed by atoms with Crippen molar-refractivity contribution < 1.29 is 9.90 Å². The third-order valence-electron chi connectivity index (χ3n) is 6.43. The number of amidine groups is 1. The lowest BCUT2D eigenvalue weighted by molar-refractivity contribution is -0.118. The number of rotatable bonds is 9. The molecule has 0 radical (unpaired) electrons. The highest BCUT2D eigenvalue weighted by molar-refractivity contribution is 8.00. The quantitative estimate of drug-likeness (QED) is 0.306. The highest BCUT2D eigenvalue weighted by Gasteiger charge is 2.34. The molecule has 1 saturated heterocycles. The Labute approximate surface area is 194 Å². The summed E-state index contributed by atoms with van der Waals surface area (Å²) in [5.74, 6) is 0.105. The molecule has 2 aliphatic heterocycles. The topological polar surface area (TPSA) is 93.7 Å². The van der Waals surface area contributed by atoms with Crippen LogP contribution in [0.15, 0.2) is 53.4 Å². The molecule has 4 rings (SSSR count). The zero-order valence-electron chi connectivity index (χ0n) is 18.4.